The summed E-state index contributed by atoms with van der Waals surface area (Å²) in [5.41, 5.74) is 5.20. The van der Waals surface area contributed by atoms with Gasteiger partial charge >= 0.3 is 0 Å². The summed E-state index contributed by atoms with van der Waals surface area (Å²) in [7, 11) is 1.55. The van der Waals surface area contributed by atoms with Gasteiger partial charge in [-0.05, 0) is 38.0 Å². The lowest BCUT2D eigenvalue weighted by atomic mass is 10.1. The van der Waals surface area contributed by atoms with Crippen LogP contribution in [0.2, 0.25) is 0 Å². The molecular formula is C19H20N4O2S. The van der Waals surface area contributed by atoms with Crippen molar-refractivity contribution in [2.75, 3.05) is 13.7 Å². The molecule has 0 saturated heterocycles. The fourth-order valence-corrected chi connectivity index (χ4v) is 3.32. The van der Waals surface area contributed by atoms with Crippen molar-refractivity contribution in [3.63, 3.8) is 0 Å². The second-order valence-electron chi connectivity index (χ2n) is 5.76. The van der Waals surface area contributed by atoms with Crippen LogP contribution < -0.4 is 10.1 Å². The lowest BCUT2D eigenvalue weighted by Crippen LogP contribution is -2.24. The molecule has 0 aliphatic carbocycles. The number of aryl methyl sites for hydroxylation is 2. The van der Waals surface area contributed by atoms with Crippen molar-refractivity contribution in [2.45, 2.75) is 19.8 Å². The SMILES string of the molecule is COc1ccc(-c2ccc(C(=O)NCCCc3scnc3C)cc2)nn1. The number of nitrogens with one attached hydrogen (secondary N) is 1. The molecular weight excluding hydrogens is 348 g/mol. The molecule has 0 bridgehead atoms. The monoisotopic (exact) mass is 368 g/mol. The molecule has 2 aromatic heterocycles. The van der Waals surface area contributed by atoms with Crippen LogP contribution in [0.15, 0.2) is 41.9 Å². The number of hydrogen-bond acceptors (Lipinski definition) is 6. The number of carbonyl (C=O) groups is 1. The maximum absolute atomic E-state index is 12.2. The summed E-state index contributed by atoms with van der Waals surface area (Å²) in [4.78, 5) is 17.8. The molecule has 0 spiro atoms. The maximum atomic E-state index is 12.2. The number of nitrogens with zero attached hydrogens (tertiary/aromatic N) is 3. The summed E-state index contributed by atoms with van der Waals surface area (Å²) in [6.45, 7) is 2.65. The highest BCUT2D eigenvalue weighted by Crippen LogP contribution is 2.18. The van der Waals surface area contributed by atoms with Crippen LogP contribution in [0.25, 0.3) is 11.3 Å². The first-order valence-corrected chi connectivity index (χ1v) is 9.20. The molecule has 3 rings (SSSR count). The van der Waals surface area contributed by atoms with Gasteiger partial charge < -0.3 is 10.1 Å². The van der Waals surface area contributed by atoms with Gasteiger partial charge in [0, 0.05) is 28.6 Å². The highest BCUT2D eigenvalue weighted by Gasteiger charge is 2.07. The van der Waals surface area contributed by atoms with Crippen LogP contribution in [0.4, 0.5) is 0 Å². The van der Waals surface area contributed by atoms with Gasteiger partial charge in [-0.25, -0.2) is 4.98 Å². The zero-order chi connectivity index (χ0) is 18.4. The predicted octanol–water partition coefficient (Wildman–Crippen LogP) is 3.28. The van der Waals surface area contributed by atoms with E-state index in [1.165, 1.54) is 4.88 Å². The van der Waals surface area contributed by atoms with E-state index in [4.69, 9.17) is 4.74 Å². The Balaban J connectivity index is 1.52. The fourth-order valence-electron chi connectivity index (χ4n) is 2.49. The van der Waals surface area contributed by atoms with Gasteiger partial charge in [-0.1, -0.05) is 12.1 Å². The van der Waals surface area contributed by atoms with E-state index >= 15 is 0 Å². The van der Waals surface area contributed by atoms with Crippen molar-refractivity contribution in [2.24, 2.45) is 0 Å². The quantitative estimate of drug-likeness (QED) is 0.648. The van der Waals surface area contributed by atoms with Crippen molar-refractivity contribution >= 4 is 17.2 Å². The van der Waals surface area contributed by atoms with Crippen molar-refractivity contribution in [3.8, 4) is 17.1 Å². The molecule has 0 atom stereocenters. The molecule has 6 nitrogen and oxygen atoms in total. The zero-order valence-corrected chi connectivity index (χ0v) is 15.5. The van der Waals surface area contributed by atoms with E-state index in [0.29, 0.717) is 18.0 Å². The van der Waals surface area contributed by atoms with Gasteiger partial charge in [-0.3, -0.25) is 4.79 Å². The van der Waals surface area contributed by atoms with Gasteiger partial charge in [0.2, 0.25) is 5.88 Å². The first-order valence-electron chi connectivity index (χ1n) is 8.32. The van der Waals surface area contributed by atoms with Gasteiger partial charge in [0.25, 0.3) is 5.91 Å². The second-order valence-corrected chi connectivity index (χ2v) is 6.70. The first-order chi connectivity index (χ1) is 12.7. The zero-order valence-electron chi connectivity index (χ0n) is 14.7. The molecule has 0 radical (unpaired) electrons. The lowest BCUT2D eigenvalue weighted by molar-refractivity contribution is 0.0953. The Bertz CT molecular complexity index is 860. The smallest absolute Gasteiger partial charge is 0.251 e. The first kappa shape index (κ1) is 18.0. The van der Waals surface area contributed by atoms with E-state index in [2.05, 4.69) is 20.5 Å². The number of methoxy groups -OCH3 is 1. The van der Waals surface area contributed by atoms with E-state index in [0.717, 1.165) is 29.8 Å². The predicted molar refractivity (Wildman–Crippen MR) is 102 cm³/mol. The molecule has 0 fully saturated rings. The minimum absolute atomic E-state index is 0.0709. The van der Waals surface area contributed by atoms with Crippen molar-refractivity contribution in [1.82, 2.24) is 20.5 Å². The van der Waals surface area contributed by atoms with Crippen LogP contribution in [0.5, 0.6) is 5.88 Å². The van der Waals surface area contributed by atoms with E-state index < -0.39 is 0 Å². The molecule has 7 heteroatoms. The summed E-state index contributed by atoms with van der Waals surface area (Å²) in [5, 5.41) is 11.0. The molecule has 3 aromatic rings. The van der Waals surface area contributed by atoms with Crippen LogP contribution in [-0.2, 0) is 6.42 Å². The number of hydrogen-bond donors (Lipinski definition) is 1. The van der Waals surface area contributed by atoms with Crippen LogP contribution in [0.3, 0.4) is 0 Å². The Morgan fingerprint density at radius 1 is 1.15 bits per heavy atom. The average Bonchev–Trinajstić information content (AvgIpc) is 3.10. The lowest BCUT2D eigenvalue weighted by Gasteiger charge is -2.06. The molecule has 0 aliphatic heterocycles. The Labute approximate surface area is 156 Å². The molecule has 1 N–H and O–H groups in total. The van der Waals surface area contributed by atoms with E-state index in [-0.39, 0.29) is 5.91 Å². The Morgan fingerprint density at radius 3 is 2.58 bits per heavy atom. The fraction of sp³-hybridized carbons (Fsp3) is 0.263. The van der Waals surface area contributed by atoms with Crippen molar-refractivity contribution in [3.05, 3.63) is 58.0 Å². The number of carbonyl (C=O) groups excluding carboxylic acids is 1. The highest BCUT2D eigenvalue weighted by atomic mass is 32.1. The third-order valence-electron chi connectivity index (χ3n) is 4.00. The largest absolute Gasteiger partial charge is 0.480 e. The van der Waals surface area contributed by atoms with Gasteiger partial charge in [-0.15, -0.1) is 21.5 Å². The van der Waals surface area contributed by atoms with Gasteiger partial charge in [0.15, 0.2) is 0 Å². The normalized spacial score (nSPS) is 10.5. The number of thiazole rings is 1. The second kappa shape index (κ2) is 8.53. The number of amides is 1. The van der Waals surface area contributed by atoms with Crippen molar-refractivity contribution < 1.29 is 9.53 Å². The Hall–Kier alpha value is -2.80. The summed E-state index contributed by atoms with van der Waals surface area (Å²) < 4.78 is 5.00. The third-order valence-corrected chi connectivity index (χ3v) is 5.00. The molecule has 1 aromatic carbocycles. The Kier molecular flexibility index (Phi) is 5.91. The van der Waals surface area contributed by atoms with E-state index in [9.17, 15) is 4.79 Å². The van der Waals surface area contributed by atoms with Crippen LogP contribution >= 0.6 is 11.3 Å². The molecule has 2 heterocycles. The van der Waals surface area contributed by atoms with Crippen LogP contribution in [-0.4, -0.2) is 34.7 Å². The van der Waals surface area contributed by atoms with Gasteiger partial charge in [0.05, 0.1) is 24.0 Å². The minimum Gasteiger partial charge on any atom is -0.480 e. The van der Waals surface area contributed by atoms with Crippen molar-refractivity contribution in [1.29, 1.82) is 0 Å². The molecule has 134 valence electrons. The highest BCUT2D eigenvalue weighted by molar-refractivity contribution is 7.09. The van der Waals surface area contributed by atoms with Crippen LogP contribution in [0, 0.1) is 6.92 Å². The molecule has 0 unspecified atom stereocenters. The van der Waals surface area contributed by atoms with E-state index in [1.807, 2.05) is 30.6 Å². The van der Waals surface area contributed by atoms with Crippen LogP contribution in [0.1, 0.15) is 27.3 Å². The summed E-state index contributed by atoms with van der Waals surface area (Å²) >= 11 is 1.66. The molecule has 1 amide bonds. The maximum Gasteiger partial charge on any atom is 0.251 e. The topological polar surface area (TPSA) is 77.0 Å². The number of ether oxygens (including phenoxy) is 1. The molecule has 0 aliphatic rings. The summed E-state index contributed by atoms with van der Waals surface area (Å²) in [6.07, 6.45) is 1.83. The minimum atomic E-state index is -0.0709. The summed E-state index contributed by atoms with van der Waals surface area (Å²) in [5.74, 6) is 0.400. The average molecular weight is 368 g/mol. The standard InChI is InChI=1S/C19H20N4O2S/c1-13-17(26-12-21-13)4-3-11-20-19(24)15-7-5-14(6-8-15)16-9-10-18(25-2)23-22-16/h5-10,12H,3-4,11H2,1-2H3,(H,20,24). The number of aromatic nitrogens is 3. The number of rotatable bonds is 7. The molecule has 26 heavy (non-hydrogen) atoms. The molecule has 0 saturated carbocycles. The third kappa shape index (κ3) is 4.43. The van der Waals surface area contributed by atoms with Gasteiger partial charge in [-0.2, -0.15) is 0 Å². The Morgan fingerprint density at radius 2 is 1.96 bits per heavy atom. The van der Waals surface area contributed by atoms with Gasteiger partial charge in [0.1, 0.15) is 0 Å². The van der Waals surface area contributed by atoms with E-state index in [1.54, 1.807) is 36.6 Å². The summed E-state index contributed by atoms with van der Waals surface area (Å²) in [6, 6.07) is 10.9. The number of benzene rings is 1.